The normalized spacial score (nSPS) is 10.8. The number of nitrogens with one attached hydrogen (secondary N) is 1. The van der Waals surface area contributed by atoms with Crippen molar-refractivity contribution in [3.8, 4) is 0 Å². The molecule has 1 aromatic carbocycles. The van der Waals surface area contributed by atoms with E-state index in [0.29, 0.717) is 10.4 Å². The molecule has 2 N–H and O–H groups in total. The molecule has 1 aromatic heterocycles. The van der Waals surface area contributed by atoms with E-state index in [9.17, 15) is 14.0 Å². The van der Waals surface area contributed by atoms with Crippen LogP contribution in [0.4, 0.5) is 10.1 Å². The van der Waals surface area contributed by atoms with Crippen molar-refractivity contribution < 1.29 is 23.5 Å². The number of furan rings is 1. The van der Waals surface area contributed by atoms with Gasteiger partial charge in [0, 0.05) is 6.08 Å². The fourth-order valence-corrected chi connectivity index (χ4v) is 1.82. The third-order valence-corrected chi connectivity index (χ3v) is 2.89. The summed E-state index contributed by atoms with van der Waals surface area (Å²) >= 11 is 3.12. The molecule has 21 heavy (non-hydrogen) atoms. The Morgan fingerprint density at radius 2 is 2.05 bits per heavy atom. The molecule has 0 saturated heterocycles. The Kier molecular flexibility index (Phi) is 4.54. The first kappa shape index (κ1) is 15.0. The Bertz CT molecular complexity index is 724. The van der Waals surface area contributed by atoms with Crippen LogP contribution in [0, 0.1) is 5.82 Å². The van der Waals surface area contributed by atoms with E-state index in [0.717, 1.165) is 6.07 Å². The number of rotatable bonds is 4. The molecule has 1 amide bonds. The van der Waals surface area contributed by atoms with Gasteiger partial charge in [-0.05, 0) is 52.3 Å². The molecule has 0 aliphatic rings. The van der Waals surface area contributed by atoms with Crippen molar-refractivity contribution in [1.82, 2.24) is 0 Å². The van der Waals surface area contributed by atoms with Crippen LogP contribution in [0.1, 0.15) is 16.1 Å². The smallest absolute Gasteiger partial charge is 0.335 e. The Morgan fingerprint density at radius 3 is 2.62 bits per heavy atom. The van der Waals surface area contributed by atoms with E-state index in [1.165, 1.54) is 24.3 Å². The highest BCUT2D eigenvalue weighted by molar-refractivity contribution is 9.10. The molecule has 7 heteroatoms. The zero-order valence-corrected chi connectivity index (χ0v) is 12.1. The number of halogens is 2. The number of hydrogen-bond acceptors (Lipinski definition) is 3. The lowest BCUT2D eigenvalue weighted by molar-refractivity contribution is -0.111. The van der Waals surface area contributed by atoms with E-state index in [4.69, 9.17) is 9.52 Å². The maximum Gasteiger partial charge on any atom is 0.335 e. The van der Waals surface area contributed by atoms with Crippen molar-refractivity contribution in [2.75, 3.05) is 5.32 Å². The summed E-state index contributed by atoms with van der Waals surface area (Å²) in [6, 6.07) is 6.55. The second-order valence-electron chi connectivity index (χ2n) is 3.96. The van der Waals surface area contributed by atoms with Crippen LogP contribution in [0.2, 0.25) is 0 Å². The minimum atomic E-state index is -1.24. The van der Waals surface area contributed by atoms with Gasteiger partial charge < -0.3 is 14.8 Å². The van der Waals surface area contributed by atoms with Crippen molar-refractivity contribution in [2.24, 2.45) is 0 Å². The third-order valence-electron chi connectivity index (χ3n) is 2.47. The molecule has 0 atom stereocenters. The average Bonchev–Trinajstić information content (AvgIpc) is 2.84. The highest BCUT2D eigenvalue weighted by Gasteiger charge is 2.09. The second kappa shape index (κ2) is 6.36. The lowest BCUT2D eigenvalue weighted by Crippen LogP contribution is -2.10. The fraction of sp³-hybridized carbons (Fsp3) is 0. The summed E-state index contributed by atoms with van der Waals surface area (Å²) in [6.45, 7) is 0. The summed E-state index contributed by atoms with van der Waals surface area (Å²) < 4.78 is 19.3. The predicted molar refractivity (Wildman–Crippen MR) is 77.4 cm³/mol. The largest absolute Gasteiger partial charge is 0.478 e. The quantitative estimate of drug-likeness (QED) is 0.824. The van der Waals surface area contributed by atoms with Crippen LogP contribution >= 0.6 is 15.9 Å². The van der Waals surface area contributed by atoms with Crippen LogP contribution in [0.25, 0.3) is 6.08 Å². The molecule has 1 heterocycles. The molecule has 2 aromatic rings. The molecule has 0 spiro atoms. The lowest BCUT2D eigenvalue weighted by Gasteiger charge is -2.04. The highest BCUT2D eigenvalue weighted by atomic mass is 79.9. The van der Waals surface area contributed by atoms with Crippen molar-refractivity contribution in [3.63, 3.8) is 0 Å². The molecule has 0 radical (unpaired) electrons. The summed E-state index contributed by atoms with van der Waals surface area (Å²) in [5.74, 6) is -2.17. The zero-order valence-electron chi connectivity index (χ0n) is 10.5. The molecular formula is C14H9BrFNO4. The van der Waals surface area contributed by atoms with Crippen LogP contribution in [-0.4, -0.2) is 17.0 Å². The molecule has 0 bridgehead atoms. The standard InChI is InChI=1S/C14H9BrFNO4/c15-12-5-2-9(21-12)3-6-13(18)17-11-4-1-8(14(19)20)7-10(11)16/h1-7H,(H,17,18)(H,19,20). The molecule has 0 aliphatic carbocycles. The van der Waals surface area contributed by atoms with Crippen molar-refractivity contribution >= 4 is 39.6 Å². The summed E-state index contributed by atoms with van der Waals surface area (Å²) in [5.41, 5.74) is -0.295. The zero-order chi connectivity index (χ0) is 15.4. The van der Waals surface area contributed by atoms with Gasteiger partial charge in [-0.3, -0.25) is 4.79 Å². The molecular weight excluding hydrogens is 345 g/mol. The van der Waals surface area contributed by atoms with E-state index < -0.39 is 17.7 Å². The number of carbonyl (C=O) groups is 2. The van der Waals surface area contributed by atoms with Gasteiger partial charge >= 0.3 is 5.97 Å². The minimum Gasteiger partial charge on any atom is -0.478 e. The second-order valence-corrected chi connectivity index (χ2v) is 4.75. The van der Waals surface area contributed by atoms with Gasteiger partial charge in [-0.1, -0.05) is 0 Å². The number of hydrogen-bond donors (Lipinski definition) is 2. The summed E-state index contributed by atoms with van der Waals surface area (Å²) in [6.07, 6.45) is 2.60. The van der Waals surface area contributed by atoms with Crippen LogP contribution in [-0.2, 0) is 4.79 Å². The van der Waals surface area contributed by atoms with Gasteiger partial charge in [-0.25, -0.2) is 9.18 Å². The number of carboxylic acids is 1. The SMILES string of the molecule is O=C(C=Cc1ccc(Br)o1)Nc1ccc(C(=O)O)cc1F. The Morgan fingerprint density at radius 1 is 1.29 bits per heavy atom. The molecule has 108 valence electrons. The first-order chi connectivity index (χ1) is 9.95. The number of amides is 1. The fourth-order valence-electron chi connectivity index (χ4n) is 1.50. The maximum absolute atomic E-state index is 13.6. The average molecular weight is 354 g/mol. The summed E-state index contributed by atoms with van der Waals surface area (Å²) in [5, 5.41) is 11.0. The first-order valence-corrected chi connectivity index (χ1v) is 6.52. The van der Waals surface area contributed by atoms with Gasteiger partial charge in [0.05, 0.1) is 11.3 Å². The number of carboxylic acid groups (broad SMARTS) is 1. The molecule has 5 nitrogen and oxygen atoms in total. The van der Waals surface area contributed by atoms with Gasteiger partial charge in [0.25, 0.3) is 0 Å². The van der Waals surface area contributed by atoms with Crippen LogP contribution in [0.3, 0.4) is 0 Å². The molecule has 0 saturated carbocycles. The van der Waals surface area contributed by atoms with E-state index in [-0.39, 0.29) is 11.3 Å². The number of carbonyl (C=O) groups excluding carboxylic acids is 1. The van der Waals surface area contributed by atoms with Gasteiger partial charge in [-0.15, -0.1) is 0 Å². The lowest BCUT2D eigenvalue weighted by atomic mass is 10.2. The number of aromatic carboxylic acids is 1. The summed E-state index contributed by atoms with van der Waals surface area (Å²) in [4.78, 5) is 22.3. The van der Waals surface area contributed by atoms with Crippen LogP contribution < -0.4 is 5.32 Å². The van der Waals surface area contributed by atoms with E-state index in [1.807, 2.05) is 0 Å². The molecule has 0 unspecified atom stereocenters. The third kappa shape index (κ3) is 4.03. The first-order valence-electron chi connectivity index (χ1n) is 5.73. The number of anilines is 1. The van der Waals surface area contributed by atoms with Crippen molar-refractivity contribution in [3.05, 3.63) is 58.2 Å². The Labute approximate surface area is 127 Å². The Hall–Kier alpha value is -2.41. The maximum atomic E-state index is 13.6. The molecule has 0 fully saturated rings. The highest BCUT2D eigenvalue weighted by Crippen LogP contribution is 2.17. The predicted octanol–water partition coefficient (Wildman–Crippen LogP) is 3.53. The summed E-state index contributed by atoms with van der Waals surface area (Å²) in [7, 11) is 0. The van der Waals surface area contributed by atoms with Crippen molar-refractivity contribution in [2.45, 2.75) is 0 Å². The Balaban J connectivity index is 2.06. The van der Waals surface area contributed by atoms with Crippen LogP contribution in [0.5, 0.6) is 0 Å². The van der Waals surface area contributed by atoms with Gasteiger partial charge in [0.2, 0.25) is 5.91 Å². The van der Waals surface area contributed by atoms with Gasteiger partial charge in [-0.2, -0.15) is 0 Å². The van der Waals surface area contributed by atoms with E-state index >= 15 is 0 Å². The van der Waals surface area contributed by atoms with Gasteiger partial charge in [0.1, 0.15) is 11.6 Å². The topological polar surface area (TPSA) is 79.5 Å². The molecule has 0 aliphatic heterocycles. The van der Waals surface area contributed by atoms with Crippen molar-refractivity contribution in [1.29, 1.82) is 0 Å². The van der Waals surface area contributed by atoms with E-state index in [2.05, 4.69) is 21.2 Å². The molecule has 2 rings (SSSR count). The minimum absolute atomic E-state index is 0.102. The van der Waals surface area contributed by atoms with Crippen LogP contribution in [0.15, 0.2) is 45.5 Å². The monoisotopic (exact) mass is 353 g/mol. The van der Waals surface area contributed by atoms with Gasteiger partial charge in [0.15, 0.2) is 4.67 Å². The number of benzene rings is 1. The van der Waals surface area contributed by atoms with E-state index in [1.54, 1.807) is 12.1 Å².